The maximum atomic E-state index is 11.8. The van der Waals surface area contributed by atoms with Gasteiger partial charge in [0.1, 0.15) is 5.54 Å². The van der Waals surface area contributed by atoms with Gasteiger partial charge in [-0.25, -0.2) is 0 Å². The van der Waals surface area contributed by atoms with Crippen molar-refractivity contribution in [3.63, 3.8) is 0 Å². The van der Waals surface area contributed by atoms with Gasteiger partial charge in [-0.15, -0.1) is 0 Å². The second-order valence-electron chi connectivity index (χ2n) is 7.00. The molecule has 2 saturated carbocycles. The van der Waals surface area contributed by atoms with E-state index in [9.17, 15) is 9.90 Å². The van der Waals surface area contributed by atoms with Crippen LogP contribution in [-0.2, 0) is 4.79 Å². The lowest BCUT2D eigenvalue weighted by atomic mass is 9.94. The molecule has 1 saturated heterocycles. The van der Waals surface area contributed by atoms with E-state index in [1.807, 2.05) is 0 Å². The summed E-state index contributed by atoms with van der Waals surface area (Å²) < 4.78 is 0. The lowest BCUT2D eigenvalue weighted by Crippen LogP contribution is -2.53. The Morgan fingerprint density at radius 3 is 2.75 bits per heavy atom. The Bertz CT molecular complexity index is 369. The van der Waals surface area contributed by atoms with Gasteiger partial charge in [-0.05, 0) is 57.9 Å². The van der Waals surface area contributed by atoms with Crippen molar-refractivity contribution in [3.8, 4) is 0 Å². The third-order valence-electron chi connectivity index (χ3n) is 5.57. The quantitative estimate of drug-likeness (QED) is 0.812. The Labute approximate surface area is 121 Å². The fourth-order valence-corrected chi connectivity index (χ4v) is 4.25. The molecule has 4 heteroatoms. The fourth-order valence-electron chi connectivity index (χ4n) is 4.25. The summed E-state index contributed by atoms with van der Waals surface area (Å²) in [6, 6.07) is 1.62. The van der Waals surface area contributed by atoms with Gasteiger partial charge >= 0.3 is 5.97 Å². The van der Waals surface area contributed by atoms with Crippen LogP contribution in [0.25, 0.3) is 0 Å². The van der Waals surface area contributed by atoms with Gasteiger partial charge in [0, 0.05) is 18.1 Å². The van der Waals surface area contributed by atoms with Gasteiger partial charge in [0.15, 0.2) is 0 Å². The van der Waals surface area contributed by atoms with Crippen LogP contribution >= 0.6 is 0 Å². The number of likely N-dealkylation sites (tertiary alicyclic amines) is 1. The van der Waals surface area contributed by atoms with E-state index in [-0.39, 0.29) is 0 Å². The van der Waals surface area contributed by atoms with Gasteiger partial charge in [-0.2, -0.15) is 0 Å². The number of carbonyl (C=O) groups is 1. The molecule has 0 radical (unpaired) electrons. The smallest absolute Gasteiger partial charge is 0.323 e. The van der Waals surface area contributed by atoms with Crippen molar-refractivity contribution in [2.24, 2.45) is 0 Å². The third kappa shape index (κ3) is 2.73. The summed E-state index contributed by atoms with van der Waals surface area (Å²) in [6.45, 7) is 3.44. The summed E-state index contributed by atoms with van der Waals surface area (Å²) in [4.78, 5) is 14.4. The number of carboxylic acid groups (broad SMARTS) is 1. The van der Waals surface area contributed by atoms with Gasteiger partial charge < -0.3 is 5.11 Å². The molecule has 0 amide bonds. The van der Waals surface area contributed by atoms with Crippen LogP contribution in [-0.4, -0.2) is 46.2 Å². The van der Waals surface area contributed by atoms with E-state index < -0.39 is 11.5 Å². The zero-order valence-electron chi connectivity index (χ0n) is 12.6. The second-order valence-corrected chi connectivity index (χ2v) is 7.00. The van der Waals surface area contributed by atoms with Crippen LogP contribution in [0.2, 0.25) is 0 Å². The van der Waals surface area contributed by atoms with Crippen LogP contribution in [0.5, 0.6) is 0 Å². The Morgan fingerprint density at radius 1 is 1.30 bits per heavy atom. The molecular formula is C16H28N2O2. The number of hydrogen-bond acceptors (Lipinski definition) is 3. The first-order valence-electron chi connectivity index (χ1n) is 8.41. The van der Waals surface area contributed by atoms with Crippen molar-refractivity contribution in [1.29, 1.82) is 0 Å². The van der Waals surface area contributed by atoms with Crippen molar-refractivity contribution in [2.75, 3.05) is 6.54 Å². The SMILES string of the molecule is CCC1CCCCN1C1CCC(NC2CC2)(C(=O)O)C1. The Balaban J connectivity index is 1.68. The molecule has 3 unspecified atom stereocenters. The zero-order valence-corrected chi connectivity index (χ0v) is 12.6. The van der Waals surface area contributed by atoms with Crippen molar-refractivity contribution in [1.82, 2.24) is 10.2 Å². The van der Waals surface area contributed by atoms with Crippen LogP contribution in [0.1, 0.15) is 64.7 Å². The molecule has 0 aromatic rings. The number of piperidine rings is 1. The highest BCUT2D eigenvalue weighted by atomic mass is 16.4. The van der Waals surface area contributed by atoms with Gasteiger partial charge in [0.25, 0.3) is 0 Å². The van der Waals surface area contributed by atoms with Crippen molar-refractivity contribution < 1.29 is 9.90 Å². The number of nitrogens with one attached hydrogen (secondary N) is 1. The first-order chi connectivity index (χ1) is 9.64. The number of rotatable bonds is 5. The predicted octanol–water partition coefficient (Wildman–Crippen LogP) is 2.38. The molecule has 3 atom stereocenters. The van der Waals surface area contributed by atoms with E-state index >= 15 is 0 Å². The van der Waals surface area contributed by atoms with Crippen LogP contribution in [0.4, 0.5) is 0 Å². The average Bonchev–Trinajstić information content (AvgIpc) is 3.15. The van der Waals surface area contributed by atoms with E-state index in [0.717, 1.165) is 32.1 Å². The lowest BCUT2D eigenvalue weighted by Gasteiger charge is -2.40. The zero-order chi connectivity index (χ0) is 14.2. The molecule has 1 heterocycles. The topological polar surface area (TPSA) is 52.6 Å². The molecule has 2 aliphatic carbocycles. The number of aliphatic carboxylic acids is 1. The predicted molar refractivity (Wildman–Crippen MR) is 78.8 cm³/mol. The lowest BCUT2D eigenvalue weighted by molar-refractivity contribution is -0.145. The molecule has 0 aromatic carbocycles. The van der Waals surface area contributed by atoms with Crippen LogP contribution in [0.15, 0.2) is 0 Å². The molecule has 3 rings (SSSR count). The summed E-state index contributed by atoms with van der Waals surface area (Å²) in [5.74, 6) is -0.628. The van der Waals surface area contributed by atoms with E-state index in [0.29, 0.717) is 18.1 Å². The molecule has 0 aromatic heterocycles. The first-order valence-corrected chi connectivity index (χ1v) is 8.41. The van der Waals surface area contributed by atoms with Crippen molar-refractivity contribution in [2.45, 2.75) is 88.4 Å². The van der Waals surface area contributed by atoms with E-state index in [2.05, 4.69) is 17.1 Å². The van der Waals surface area contributed by atoms with Gasteiger partial charge in [0.05, 0.1) is 0 Å². The summed E-state index contributed by atoms with van der Waals surface area (Å²) in [6.07, 6.45) is 10.1. The third-order valence-corrected chi connectivity index (χ3v) is 5.57. The molecule has 0 spiro atoms. The molecule has 20 heavy (non-hydrogen) atoms. The molecular weight excluding hydrogens is 252 g/mol. The Kier molecular flexibility index (Phi) is 4.04. The van der Waals surface area contributed by atoms with Gasteiger partial charge in [0.2, 0.25) is 0 Å². The summed E-state index contributed by atoms with van der Waals surface area (Å²) >= 11 is 0. The first kappa shape index (κ1) is 14.3. The van der Waals surface area contributed by atoms with Crippen LogP contribution < -0.4 is 5.32 Å². The maximum absolute atomic E-state index is 11.8. The Hall–Kier alpha value is -0.610. The van der Waals surface area contributed by atoms with Gasteiger partial charge in [-0.3, -0.25) is 15.0 Å². The molecule has 4 nitrogen and oxygen atoms in total. The highest BCUT2D eigenvalue weighted by molar-refractivity contribution is 5.79. The molecule has 2 N–H and O–H groups in total. The minimum atomic E-state index is -0.637. The fraction of sp³-hybridized carbons (Fsp3) is 0.938. The average molecular weight is 280 g/mol. The van der Waals surface area contributed by atoms with Crippen molar-refractivity contribution >= 4 is 5.97 Å². The maximum Gasteiger partial charge on any atom is 0.323 e. The minimum absolute atomic E-state index is 0.466. The highest BCUT2D eigenvalue weighted by Gasteiger charge is 2.50. The largest absolute Gasteiger partial charge is 0.480 e. The van der Waals surface area contributed by atoms with Crippen molar-refractivity contribution in [3.05, 3.63) is 0 Å². The molecule has 0 bridgehead atoms. The van der Waals surface area contributed by atoms with E-state index in [4.69, 9.17) is 0 Å². The number of nitrogens with zero attached hydrogens (tertiary/aromatic N) is 1. The second kappa shape index (κ2) is 5.64. The highest BCUT2D eigenvalue weighted by Crippen LogP contribution is 2.38. The summed E-state index contributed by atoms with van der Waals surface area (Å²) in [7, 11) is 0. The normalized spacial score (nSPS) is 39.0. The summed E-state index contributed by atoms with van der Waals surface area (Å²) in [5, 5.41) is 13.1. The minimum Gasteiger partial charge on any atom is -0.480 e. The molecule has 1 aliphatic heterocycles. The standard InChI is InChI=1S/C16H28N2O2/c1-2-13-5-3-4-10-18(13)14-8-9-16(11-14,15(19)20)17-12-6-7-12/h12-14,17H,2-11H2,1H3,(H,19,20). The van der Waals surface area contributed by atoms with E-state index in [1.54, 1.807) is 0 Å². The number of carboxylic acids is 1. The monoisotopic (exact) mass is 280 g/mol. The molecule has 3 fully saturated rings. The summed E-state index contributed by atoms with van der Waals surface area (Å²) in [5.41, 5.74) is -0.637. The Morgan fingerprint density at radius 2 is 2.10 bits per heavy atom. The molecule has 114 valence electrons. The van der Waals surface area contributed by atoms with Crippen LogP contribution in [0.3, 0.4) is 0 Å². The van der Waals surface area contributed by atoms with Gasteiger partial charge in [-0.1, -0.05) is 13.3 Å². The van der Waals surface area contributed by atoms with E-state index in [1.165, 1.54) is 32.2 Å². The number of hydrogen-bond donors (Lipinski definition) is 2. The van der Waals surface area contributed by atoms with Crippen LogP contribution in [0, 0.1) is 0 Å². The molecule has 3 aliphatic rings.